The van der Waals surface area contributed by atoms with Gasteiger partial charge < -0.3 is 14.5 Å². The number of carbonyl (C=O) groups excluding carboxylic acids is 1. The number of hydrogen-bond acceptors (Lipinski definition) is 5. The van der Waals surface area contributed by atoms with Crippen LogP contribution in [0.1, 0.15) is 25.7 Å². The third-order valence-corrected chi connectivity index (χ3v) is 5.21. The van der Waals surface area contributed by atoms with Gasteiger partial charge in [0.05, 0.1) is 0 Å². The molecule has 0 N–H and O–H groups in total. The number of piperazine rings is 1. The maximum absolute atomic E-state index is 12.5. The summed E-state index contributed by atoms with van der Waals surface area (Å²) in [6.45, 7) is 3.12. The fourth-order valence-corrected chi connectivity index (χ4v) is 3.73. The van der Waals surface area contributed by atoms with E-state index in [0.29, 0.717) is 11.8 Å². The Labute approximate surface area is 153 Å². The van der Waals surface area contributed by atoms with Crippen LogP contribution >= 0.6 is 0 Å². The Morgan fingerprint density at radius 2 is 1.65 bits per heavy atom. The van der Waals surface area contributed by atoms with Gasteiger partial charge in [-0.3, -0.25) is 4.79 Å². The van der Waals surface area contributed by atoms with E-state index in [-0.39, 0.29) is 5.92 Å². The Hall–Kier alpha value is -2.63. The summed E-state index contributed by atoms with van der Waals surface area (Å²) in [5.41, 5.74) is 0. The van der Waals surface area contributed by atoms with Gasteiger partial charge in [-0.15, -0.1) is 10.2 Å². The standard InChI is InChI=1S/C20H24N4O2/c25-20(16-6-4-5-7-16)24-14-12-23(13-15-24)18-10-11-19(22-21-18)26-17-8-2-1-3-9-17/h1-3,8-11,16H,4-7,12-15H2. The van der Waals surface area contributed by atoms with Gasteiger partial charge in [-0.25, -0.2) is 0 Å². The van der Waals surface area contributed by atoms with Crippen LogP contribution in [0.4, 0.5) is 5.82 Å². The van der Waals surface area contributed by atoms with Crippen LogP contribution in [0.15, 0.2) is 42.5 Å². The van der Waals surface area contributed by atoms with Crippen molar-refractivity contribution in [1.82, 2.24) is 15.1 Å². The maximum Gasteiger partial charge on any atom is 0.238 e. The smallest absolute Gasteiger partial charge is 0.238 e. The first-order valence-electron chi connectivity index (χ1n) is 9.40. The number of aromatic nitrogens is 2. The average molecular weight is 352 g/mol. The summed E-state index contributed by atoms with van der Waals surface area (Å²) < 4.78 is 5.68. The number of benzene rings is 1. The molecule has 0 unspecified atom stereocenters. The lowest BCUT2D eigenvalue weighted by Crippen LogP contribution is -2.50. The SMILES string of the molecule is O=C(C1CCCC1)N1CCN(c2ccc(Oc3ccccc3)nn2)CC1. The third kappa shape index (κ3) is 3.79. The minimum absolute atomic E-state index is 0.260. The van der Waals surface area contributed by atoms with Crippen LogP contribution in [0, 0.1) is 5.92 Å². The maximum atomic E-state index is 12.5. The number of hydrogen-bond donors (Lipinski definition) is 0. The molecule has 2 aromatic rings. The summed E-state index contributed by atoms with van der Waals surface area (Å²) in [5.74, 6) is 2.66. The first kappa shape index (κ1) is 16.8. The van der Waals surface area contributed by atoms with Crippen molar-refractivity contribution >= 4 is 11.7 Å². The molecule has 0 spiro atoms. The summed E-state index contributed by atoms with van der Waals surface area (Å²) in [6.07, 6.45) is 4.52. The normalized spacial score (nSPS) is 18.2. The summed E-state index contributed by atoms with van der Waals surface area (Å²) in [6, 6.07) is 13.3. The minimum Gasteiger partial charge on any atom is -0.438 e. The third-order valence-electron chi connectivity index (χ3n) is 5.21. The van der Waals surface area contributed by atoms with E-state index in [4.69, 9.17) is 4.74 Å². The van der Waals surface area contributed by atoms with E-state index in [9.17, 15) is 4.79 Å². The van der Waals surface area contributed by atoms with Gasteiger partial charge in [0.2, 0.25) is 11.8 Å². The Bertz CT molecular complexity index is 721. The number of nitrogens with zero attached hydrogens (tertiary/aromatic N) is 4. The van der Waals surface area contributed by atoms with Crippen LogP contribution in [-0.2, 0) is 4.79 Å². The van der Waals surface area contributed by atoms with Crippen molar-refractivity contribution in [3.63, 3.8) is 0 Å². The number of para-hydroxylation sites is 1. The molecule has 6 nitrogen and oxygen atoms in total. The molecule has 0 atom stereocenters. The molecule has 1 aromatic carbocycles. The van der Waals surface area contributed by atoms with Crippen LogP contribution < -0.4 is 9.64 Å². The zero-order chi connectivity index (χ0) is 17.8. The van der Waals surface area contributed by atoms with E-state index < -0.39 is 0 Å². The van der Waals surface area contributed by atoms with Crippen LogP contribution in [-0.4, -0.2) is 47.2 Å². The highest BCUT2D eigenvalue weighted by Gasteiger charge is 2.29. The highest BCUT2D eigenvalue weighted by molar-refractivity contribution is 5.79. The Morgan fingerprint density at radius 3 is 2.31 bits per heavy atom. The number of anilines is 1. The lowest BCUT2D eigenvalue weighted by Gasteiger charge is -2.36. The second-order valence-corrected chi connectivity index (χ2v) is 6.94. The van der Waals surface area contributed by atoms with E-state index in [1.807, 2.05) is 47.4 Å². The van der Waals surface area contributed by atoms with E-state index in [1.54, 1.807) is 0 Å². The zero-order valence-corrected chi connectivity index (χ0v) is 14.9. The quantitative estimate of drug-likeness (QED) is 0.846. The van der Waals surface area contributed by atoms with Crippen LogP contribution in [0.3, 0.4) is 0 Å². The molecule has 1 aliphatic heterocycles. The van der Waals surface area contributed by atoms with E-state index >= 15 is 0 Å². The van der Waals surface area contributed by atoms with Crippen molar-refractivity contribution in [2.45, 2.75) is 25.7 Å². The van der Waals surface area contributed by atoms with E-state index in [1.165, 1.54) is 12.8 Å². The molecule has 0 radical (unpaired) electrons. The topological polar surface area (TPSA) is 58.6 Å². The second-order valence-electron chi connectivity index (χ2n) is 6.94. The van der Waals surface area contributed by atoms with E-state index in [0.717, 1.165) is 50.6 Å². The predicted octanol–water partition coefficient (Wildman–Crippen LogP) is 3.11. The Morgan fingerprint density at radius 1 is 0.923 bits per heavy atom. The van der Waals surface area contributed by atoms with Gasteiger partial charge in [0.15, 0.2) is 5.82 Å². The molecule has 6 heteroatoms. The summed E-state index contributed by atoms with van der Waals surface area (Å²) >= 11 is 0. The van der Waals surface area contributed by atoms with Crippen molar-refractivity contribution in [3.8, 4) is 11.6 Å². The van der Waals surface area contributed by atoms with Gasteiger partial charge in [-0.1, -0.05) is 31.0 Å². The van der Waals surface area contributed by atoms with Gasteiger partial charge in [0.1, 0.15) is 5.75 Å². The minimum atomic E-state index is 0.260. The van der Waals surface area contributed by atoms with Crippen molar-refractivity contribution in [2.24, 2.45) is 5.92 Å². The van der Waals surface area contributed by atoms with Gasteiger partial charge in [-0.05, 0) is 31.0 Å². The first-order valence-corrected chi connectivity index (χ1v) is 9.40. The highest BCUT2D eigenvalue weighted by Crippen LogP contribution is 2.27. The molecule has 2 heterocycles. The van der Waals surface area contributed by atoms with E-state index in [2.05, 4.69) is 15.1 Å². The molecular formula is C20H24N4O2. The molecule has 1 aromatic heterocycles. The van der Waals surface area contributed by atoms with Crippen LogP contribution in [0.2, 0.25) is 0 Å². The summed E-state index contributed by atoms with van der Waals surface area (Å²) in [5, 5.41) is 8.47. The number of amides is 1. The van der Waals surface area contributed by atoms with Gasteiger partial charge in [0.25, 0.3) is 0 Å². The summed E-state index contributed by atoms with van der Waals surface area (Å²) in [7, 11) is 0. The monoisotopic (exact) mass is 352 g/mol. The number of ether oxygens (including phenoxy) is 1. The lowest BCUT2D eigenvalue weighted by molar-refractivity contribution is -0.135. The van der Waals surface area contributed by atoms with Gasteiger partial charge in [0, 0.05) is 38.2 Å². The Kier molecular flexibility index (Phi) is 5.00. The van der Waals surface area contributed by atoms with Gasteiger partial charge >= 0.3 is 0 Å². The molecule has 4 rings (SSSR count). The highest BCUT2D eigenvalue weighted by atomic mass is 16.5. The number of rotatable bonds is 4. The van der Waals surface area contributed by atoms with Crippen molar-refractivity contribution in [2.75, 3.05) is 31.1 Å². The van der Waals surface area contributed by atoms with Crippen LogP contribution in [0.25, 0.3) is 0 Å². The molecule has 2 fully saturated rings. The van der Waals surface area contributed by atoms with Crippen molar-refractivity contribution in [1.29, 1.82) is 0 Å². The van der Waals surface area contributed by atoms with Crippen molar-refractivity contribution < 1.29 is 9.53 Å². The summed E-state index contributed by atoms with van der Waals surface area (Å²) in [4.78, 5) is 16.7. The zero-order valence-electron chi connectivity index (χ0n) is 14.9. The fraction of sp³-hybridized carbons (Fsp3) is 0.450. The molecule has 1 saturated heterocycles. The van der Waals surface area contributed by atoms with Crippen molar-refractivity contribution in [3.05, 3.63) is 42.5 Å². The van der Waals surface area contributed by atoms with Gasteiger partial charge in [-0.2, -0.15) is 0 Å². The molecule has 26 heavy (non-hydrogen) atoms. The predicted molar refractivity (Wildman–Crippen MR) is 99.3 cm³/mol. The Balaban J connectivity index is 1.32. The first-order chi connectivity index (χ1) is 12.8. The average Bonchev–Trinajstić information content (AvgIpc) is 3.24. The molecule has 1 amide bonds. The molecule has 136 valence electrons. The molecule has 2 aliphatic rings. The van der Waals surface area contributed by atoms with Crippen LogP contribution in [0.5, 0.6) is 11.6 Å². The fourth-order valence-electron chi connectivity index (χ4n) is 3.73. The number of carbonyl (C=O) groups is 1. The lowest BCUT2D eigenvalue weighted by atomic mass is 10.1. The molecule has 0 bridgehead atoms. The molecular weight excluding hydrogens is 328 g/mol. The molecule has 1 aliphatic carbocycles. The largest absolute Gasteiger partial charge is 0.438 e. The molecule has 1 saturated carbocycles. The second kappa shape index (κ2) is 7.72.